The Hall–Kier alpha value is -3.55. The van der Waals surface area contributed by atoms with Crippen molar-refractivity contribution in [1.82, 2.24) is 16.0 Å². The molecule has 180 valence electrons. The summed E-state index contributed by atoms with van der Waals surface area (Å²) in [6.07, 6.45) is -1.91. The van der Waals surface area contributed by atoms with E-state index in [9.17, 15) is 43.8 Å². The Bertz CT molecular complexity index is 740. The van der Waals surface area contributed by atoms with Gasteiger partial charge >= 0.3 is 0 Å². The summed E-state index contributed by atoms with van der Waals surface area (Å²) in [6.45, 7) is 3.45. The molecule has 0 radical (unpaired) electrons. The van der Waals surface area contributed by atoms with Gasteiger partial charge in [-0.25, -0.2) is 0 Å². The summed E-state index contributed by atoms with van der Waals surface area (Å²) in [7, 11) is 0. The molecule has 0 saturated carbocycles. The molecule has 14 nitrogen and oxygen atoms in total. The maximum Gasteiger partial charge on any atom is 0.279 e. The SMILES string of the molecule is CC(C)C[C@H](NC(=O)[C@H](CC(N)=O)NC(=O)[C@@H]([NH3+])CC(=O)[O-])C(=O)N[C@H](C=O)CC(=O)[O-]. The van der Waals surface area contributed by atoms with Crippen LogP contribution in [-0.2, 0) is 33.6 Å². The lowest BCUT2D eigenvalue weighted by molar-refractivity contribution is -0.408. The van der Waals surface area contributed by atoms with Crippen molar-refractivity contribution in [3.63, 3.8) is 0 Å². The molecule has 0 spiro atoms. The van der Waals surface area contributed by atoms with Crippen LogP contribution in [0.3, 0.4) is 0 Å². The van der Waals surface area contributed by atoms with Crippen LogP contribution in [-0.4, -0.2) is 66.0 Å². The molecule has 0 bridgehead atoms. The van der Waals surface area contributed by atoms with Crippen LogP contribution in [0.1, 0.15) is 39.5 Å². The molecule has 0 rings (SSSR count). The van der Waals surface area contributed by atoms with Crippen molar-refractivity contribution in [2.24, 2.45) is 11.7 Å². The Morgan fingerprint density at radius 3 is 1.78 bits per heavy atom. The number of carbonyl (C=O) groups is 7. The fourth-order valence-corrected chi connectivity index (χ4v) is 2.57. The lowest BCUT2D eigenvalue weighted by atomic mass is 10.0. The number of carboxylic acids is 2. The molecule has 4 atom stereocenters. The van der Waals surface area contributed by atoms with E-state index in [-0.39, 0.29) is 18.6 Å². The Morgan fingerprint density at radius 1 is 0.844 bits per heavy atom. The van der Waals surface area contributed by atoms with Crippen LogP contribution in [0.25, 0.3) is 0 Å². The fraction of sp³-hybridized carbons (Fsp3) is 0.611. The summed E-state index contributed by atoms with van der Waals surface area (Å²) in [5.74, 6) is -7.05. The highest BCUT2D eigenvalue weighted by Crippen LogP contribution is 2.07. The largest absolute Gasteiger partial charge is 0.550 e. The number of carboxylic acid groups (broad SMARTS) is 2. The van der Waals surface area contributed by atoms with E-state index in [2.05, 4.69) is 21.7 Å². The van der Waals surface area contributed by atoms with Crippen LogP contribution in [0.5, 0.6) is 0 Å². The number of amides is 4. The maximum atomic E-state index is 12.7. The number of hydrogen-bond donors (Lipinski definition) is 5. The van der Waals surface area contributed by atoms with E-state index in [4.69, 9.17) is 5.73 Å². The number of aldehydes is 1. The second kappa shape index (κ2) is 13.7. The Labute approximate surface area is 183 Å². The fourth-order valence-electron chi connectivity index (χ4n) is 2.57. The summed E-state index contributed by atoms with van der Waals surface area (Å²) in [5.41, 5.74) is 8.43. The molecular weight excluding hydrogens is 430 g/mol. The topological polar surface area (TPSA) is 255 Å². The molecule has 0 aliphatic heterocycles. The van der Waals surface area contributed by atoms with Gasteiger partial charge in [0.2, 0.25) is 17.7 Å². The molecule has 8 N–H and O–H groups in total. The lowest BCUT2D eigenvalue weighted by Crippen LogP contribution is -2.70. The quantitative estimate of drug-likeness (QED) is 0.146. The molecule has 14 heteroatoms. The van der Waals surface area contributed by atoms with Gasteiger partial charge in [-0.1, -0.05) is 13.8 Å². The maximum absolute atomic E-state index is 12.7. The van der Waals surface area contributed by atoms with Crippen LogP contribution < -0.4 is 37.6 Å². The van der Waals surface area contributed by atoms with E-state index < -0.39 is 79.0 Å². The van der Waals surface area contributed by atoms with Gasteiger partial charge in [0.05, 0.1) is 12.5 Å². The number of rotatable bonds is 15. The van der Waals surface area contributed by atoms with Crippen molar-refractivity contribution in [3.05, 3.63) is 0 Å². The molecule has 0 aromatic rings. The molecular formula is C18H28N5O9-. The number of nitrogens with two attached hydrogens (primary N) is 1. The van der Waals surface area contributed by atoms with Crippen molar-refractivity contribution >= 4 is 41.9 Å². The van der Waals surface area contributed by atoms with Crippen molar-refractivity contribution in [2.75, 3.05) is 0 Å². The monoisotopic (exact) mass is 458 g/mol. The van der Waals surface area contributed by atoms with E-state index in [0.29, 0.717) is 0 Å². The van der Waals surface area contributed by atoms with Gasteiger partial charge in [-0.3, -0.25) is 19.2 Å². The summed E-state index contributed by atoms with van der Waals surface area (Å²) in [4.78, 5) is 80.8. The lowest BCUT2D eigenvalue weighted by Gasteiger charge is -2.25. The van der Waals surface area contributed by atoms with E-state index >= 15 is 0 Å². The third-order valence-electron chi connectivity index (χ3n) is 4.04. The van der Waals surface area contributed by atoms with Crippen LogP contribution in [0.15, 0.2) is 0 Å². The molecule has 0 fully saturated rings. The highest BCUT2D eigenvalue weighted by Gasteiger charge is 2.31. The van der Waals surface area contributed by atoms with E-state index in [1.165, 1.54) is 0 Å². The zero-order chi connectivity index (χ0) is 25.0. The van der Waals surface area contributed by atoms with Crippen molar-refractivity contribution in [1.29, 1.82) is 0 Å². The standard InChI is InChI=1S/C18H29N5O9/c1-8(2)3-11(17(31)21-9(7-24)4-14(26)27)23-18(32)12(6-13(20)25)22-16(30)10(19)5-15(28)29/h7-12H,3-6,19H2,1-2H3,(H2,20,25)(H,21,31)(H,22,30)(H,23,32)(H,26,27)(H,28,29)/p-1/t9-,10-,11-,12-/m0/s1. The summed E-state index contributed by atoms with van der Waals surface area (Å²) < 4.78 is 0. The highest BCUT2D eigenvalue weighted by atomic mass is 16.4. The zero-order valence-electron chi connectivity index (χ0n) is 17.8. The molecule has 0 heterocycles. The normalized spacial score (nSPS) is 14.4. The minimum absolute atomic E-state index is 0.0638. The number of quaternary nitrogens is 1. The number of nitrogens with one attached hydrogen (secondary N) is 3. The van der Waals surface area contributed by atoms with E-state index in [1.54, 1.807) is 13.8 Å². The first-order valence-corrected chi connectivity index (χ1v) is 9.64. The van der Waals surface area contributed by atoms with Crippen LogP contribution in [0.2, 0.25) is 0 Å². The van der Waals surface area contributed by atoms with Gasteiger partial charge in [0.1, 0.15) is 18.4 Å². The van der Waals surface area contributed by atoms with Gasteiger partial charge in [0.15, 0.2) is 6.04 Å². The van der Waals surface area contributed by atoms with Crippen molar-refractivity contribution < 1.29 is 49.5 Å². The van der Waals surface area contributed by atoms with Gasteiger partial charge in [-0.15, -0.1) is 0 Å². The molecule has 0 aromatic carbocycles. The number of aliphatic carboxylic acids is 2. The van der Waals surface area contributed by atoms with E-state index in [0.717, 1.165) is 0 Å². The van der Waals surface area contributed by atoms with Gasteiger partial charge in [-0.2, -0.15) is 0 Å². The molecule has 0 saturated heterocycles. The second-order valence-electron chi connectivity index (χ2n) is 7.52. The molecule has 0 aromatic heterocycles. The molecule has 0 aliphatic rings. The zero-order valence-corrected chi connectivity index (χ0v) is 17.8. The third kappa shape index (κ3) is 11.6. The number of primary amides is 1. The third-order valence-corrected chi connectivity index (χ3v) is 4.04. The average molecular weight is 458 g/mol. The molecule has 0 unspecified atom stereocenters. The van der Waals surface area contributed by atoms with E-state index in [1.807, 2.05) is 0 Å². The average Bonchev–Trinajstić information content (AvgIpc) is 2.64. The van der Waals surface area contributed by atoms with Crippen LogP contribution in [0, 0.1) is 5.92 Å². The smallest absolute Gasteiger partial charge is 0.279 e. The first kappa shape index (κ1) is 28.5. The minimum Gasteiger partial charge on any atom is -0.550 e. The van der Waals surface area contributed by atoms with Gasteiger partial charge in [0.25, 0.3) is 5.91 Å². The minimum atomic E-state index is -1.57. The van der Waals surface area contributed by atoms with Crippen molar-refractivity contribution in [3.8, 4) is 0 Å². The number of carbonyl (C=O) groups excluding carboxylic acids is 7. The predicted octanol–water partition coefficient (Wildman–Crippen LogP) is -6.55. The van der Waals surface area contributed by atoms with Gasteiger partial charge in [0, 0.05) is 24.8 Å². The number of hydrogen-bond acceptors (Lipinski definition) is 9. The van der Waals surface area contributed by atoms with Crippen LogP contribution >= 0.6 is 0 Å². The van der Waals surface area contributed by atoms with Gasteiger partial charge in [-0.05, 0) is 12.3 Å². The first-order chi connectivity index (χ1) is 14.8. The van der Waals surface area contributed by atoms with Crippen LogP contribution in [0.4, 0.5) is 0 Å². The Kier molecular flexibility index (Phi) is 12.2. The van der Waals surface area contributed by atoms with Gasteiger partial charge < -0.3 is 52.0 Å². The van der Waals surface area contributed by atoms with Crippen molar-refractivity contribution in [2.45, 2.75) is 63.7 Å². The molecule has 0 aliphatic carbocycles. The highest BCUT2D eigenvalue weighted by molar-refractivity contribution is 5.96. The second-order valence-corrected chi connectivity index (χ2v) is 7.52. The first-order valence-electron chi connectivity index (χ1n) is 9.64. The summed E-state index contributed by atoms with van der Waals surface area (Å²) in [6, 6.07) is -5.51. The summed E-state index contributed by atoms with van der Waals surface area (Å²) in [5, 5.41) is 27.9. The summed E-state index contributed by atoms with van der Waals surface area (Å²) >= 11 is 0. The molecule has 4 amide bonds. The Morgan fingerprint density at radius 2 is 1.34 bits per heavy atom. The molecule has 32 heavy (non-hydrogen) atoms. The Balaban J connectivity index is 5.46. The predicted molar refractivity (Wildman–Crippen MR) is 101 cm³/mol.